The van der Waals surface area contributed by atoms with Crippen LogP contribution >= 0.6 is 11.3 Å². The summed E-state index contributed by atoms with van der Waals surface area (Å²) < 4.78 is 2.61. The normalized spacial score (nSPS) is 19.8. The van der Waals surface area contributed by atoms with Crippen LogP contribution in [0.4, 0.5) is 5.69 Å². The quantitative estimate of drug-likeness (QED) is 0.760. The zero-order chi connectivity index (χ0) is 16.7. The molecule has 8 heteroatoms. The highest BCUT2D eigenvalue weighted by atomic mass is 32.1. The Labute approximate surface area is 140 Å². The number of hydrogen-bond acceptors (Lipinski definition) is 5. The summed E-state index contributed by atoms with van der Waals surface area (Å²) in [7, 11) is 0. The molecule has 1 aliphatic rings. The van der Waals surface area contributed by atoms with Gasteiger partial charge in [0.15, 0.2) is 5.69 Å². The van der Waals surface area contributed by atoms with Gasteiger partial charge in [-0.1, -0.05) is 17.3 Å². The lowest BCUT2D eigenvalue weighted by molar-refractivity contribution is -0.123. The van der Waals surface area contributed by atoms with E-state index in [9.17, 15) is 9.59 Å². The van der Waals surface area contributed by atoms with E-state index in [0.717, 1.165) is 15.8 Å². The number of rotatable bonds is 4. The van der Waals surface area contributed by atoms with Gasteiger partial charge in [0, 0.05) is 5.92 Å². The standard InChI is InChI=1S/C16H14N4O3S/c21-15(17-12-3-1-2-9-4-5-24-14(9)12)10-6-11(7-10)20-8-13(16(22)23)18-19-20/h1-5,8,10-11H,6-7H2,(H,17,21)(H,22,23). The molecular weight excluding hydrogens is 328 g/mol. The summed E-state index contributed by atoms with van der Waals surface area (Å²) in [5.74, 6) is -1.20. The number of nitrogens with zero attached hydrogens (tertiary/aromatic N) is 3. The lowest BCUT2D eigenvalue weighted by Crippen LogP contribution is -2.36. The van der Waals surface area contributed by atoms with Crippen molar-refractivity contribution in [3.63, 3.8) is 0 Å². The number of benzene rings is 1. The Balaban J connectivity index is 1.40. The molecule has 0 aliphatic heterocycles. The van der Waals surface area contributed by atoms with Crippen molar-refractivity contribution < 1.29 is 14.7 Å². The Hall–Kier alpha value is -2.74. The van der Waals surface area contributed by atoms with Crippen LogP contribution in [-0.2, 0) is 4.79 Å². The molecule has 4 rings (SSSR count). The average molecular weight is 342 g/mol. The van der Waals surface area contributed by atoms with Gasteiger partial charge in [0.05, 0.1) is 22.6 Å². The maximum atomic E-state index is 12.4. The molecule has 2 heterocycles. The highest BCUT2D eigenvalue weighted by molar-refractivity contribution is 7.17. The van der Waals surface area contributed by atoms with Gasteiger partial charge >= 0.3 is 5.97 Å². The smallest absolute Gasteiger partial charge is 0.358 e. The zero-order valence-electron chi connectivity index (χ0n) is 12.5. The monoisotopic (exact) mass is 342 g/mol. The SMILES string of the molecule is O=C(O)c1cn(C2CC(C(=O)Nc3cccc4ccsc34)C2)nn1. The van der Waals surface area contributed by atoms with Gasteiger partial charge in [-0.15, -0.1) is 16.4 Å². The number of carboxylic acid groups (broad SMARTS) is 1. The van der Waals surface area contributed by atoms with Crippen molar-refractivity contribution in [2.24, 2.45) is 5.92 Å². The number of hydrogen-bond donors (Lipinski definition) is 2. The first-order valence-electron chi connectivity index (χ1n) is 7.54. The van der Waals surface area contributed by atoms with E-state index in [0.29, 0.717) is 12.8 Å². The molecule has 0 saturated heterocycles. The van der Waals surface area contributed by atoms with Crippen LogP contribution in [0.2, 0.25) is 0 Å². The number of anilines is 1. The van der Waals surface area contributed by atoms with E-state index in [4.69, 9.17) is 5.11 Å². The molecule has 0 atom stereocenters. The van der Waals surface area contributed by atoms with Crippen LogP contribution in [0.25, 0.3) is 10.1 Å². The van der Waals surface area contributed by atoms with Gasteiger partial charge in [-0.25, -0.2) is 9.48 Å². The molecule has 1 amide bonds. The molecule has 3 aromatic rings. The molecule has 2 N–H and O–H groups in total. The van der Waals surface area contributed by atoms with Crippen LogP contribution in [0.1, 0.15) is 29.4 Å². The summed E-state index contributed by atoms with van der Waals surface area (Å²) in [4.78, 5) is 23.2. The summed E-state index contributed by atoms with van der Waals surface area (Å²) in [6.07, 6.45) is 2.68. The molecule has 1 fully saturated rings. The van der Waals surface area contributed by atoms with Gasteiger partial charge < -0.3 is 10.4 Å². The molecule has 1 aromatic carbocycles. The molecule has 1 aliphatic carbocycles. The molecule has 7 nitrogen and oxygen atoms in total. The molecule has 122 valence electrons. The van der Waals surface area contributed by atoms with Gasteiger partial charge in [-0.3, -0.25) is 4.79 Å². The number of thiophene rings is 1. The second kappa shape index (κ2) is 5.72. The first-order valence-corrected chi connectivity index (χ1v) is 8.42. The summed E-state index contributed by atoms with van der Waals surface area (Å²) in [6.45, 7) is 0. The van der Waals surface area contributed by atoms with Gasteiger partial charge in [-0.2, -0.15) is 0 Å². The number of aromatic carboxylic acids is 1. The number of carboxylic acids is 1. The van der Waals surface area contributed by atoms with Gasteiger partial charge in [0.2, 0.25) is 5.91 Å². The fraction of sp³-hybridized carbons (Fsp3) is 0.250. The lowest BCUT2D eigenvalue weighted by atomic mass is 9.79. The minimum atomic E-state index is -1.10. The van der Waals surface area contributed by atoms with Gasteiger partial charge in [0.25, 0.3) is 0 Å². The largest absolute Gasteiger partial charge is 0.476 e. The first kappa shape index (κ1) is 14.8. The molecule has 1 saturated carbocycles. The molecule has 0 unspecified atom stereocenters. The topological polar surface area (TPSA) is 97.1 Å². The van der Waals surface area contributed by atoms with E-state index >= 15 is 0 Å². The third-order valence-corrected chi connectivity index (χ3v) is 5.29. The molecule has 2 aromatic heterocycles. The average Bonchev–Trinajstić information content (AvgIpc) is 3.14. The third-order valence-electron chi connectivity index (χ3n) is 4.32. The fourth-order valence-electron chi connectivity index (χ4n) is 2.90. The van der Waals surface area contributed by atoms with Crippen molar-refractivity contribution in [2.75, 3.05) is 5.32 Å². The predicted octanol–water partition coefficient (Wildman–Crippen LogP) is 2.78. The van der Waals surface area contributed by atoms with E-state index in [1.54, 1.807) is 11.3 Å². The highest BCUT2D eigenvalue weighted by Gasteiger charge is 2.36. The summed E-state index contributed by atoms with van der Waals surface area (Å²) in [5, 5.41) is 22.4. The van der Waals surface area contributed by atoms with Gasteiger partial charge in [-0.05, 0) is 35.7 Å². The van der Waals surface area contributed by atoms with Crippen molar-refractivity contribution in [3.05, 3.63) is 41.5 Å². The minimum absolute atomic E-state index is 0.00859. The van der Waals surface area contributed by atoms with Crippen molar-refractivity contribution in [1.82, 2.24) is 15.0 Å². The lowest BCUT2D eigenvalue weighted by Gasteiger charge is -2.33. The van der Waals surface area contributed by atoms with Crippen LogP contribution in [-0.4, -0.2) is 32.0 Å². The van der Waals surface area contributed by atoms with E-state index in [2.05, 4.69) is 15.6 Å². The first-order chi connectivity index (χ1) is 11.6. The second-order valence-corrected chi connectivity index (χ2v) is 6.76. The number of fused-ring (bicyclic) bond motifs is 1. The molecule has 0 radical (unpaired) electrons. The Morgan fingerprint density at radius 1 is 1.29 bits per heavy atom. The van der Waals surface area contributed by atoms with Crippen molar-refractivity contribution in [3.8, 4) is 0 Å². The number of nitrogens with one attached hydrogen (secondary N) is 1. The van der Waals surface area contributed by atoms with Crippen LogP contribution < -0.4 is 5.32 Å². The van der Waals surface area contributed by atoms with Crippen LogP contribution in [0.5, 0.6) is 0 Å². The van der Waals surface area contributed by atoms with Crippen LogP contribution in [0.15, 0.2) is 35.8 Å². The maximum Gasteiger partial charge on any atom is 0.358 e. The van der Waals surface area contributed by atoms with Crippen LogP contribution in [0, 0.1) is 5.92 Å². The Kier molecular flexibility index (Phi) is 3.53. The number of carbonyl (C=O) groups excluding carboxylic acids is 1. The van der Waals surface area contributed by atoms with Crippen molar-refractivity contribution in [1.29, 1.82) is 0 Å². The van der Waals surface area contributed by atoms with E-state index < -0.39 is 5.97 Å². The van der Waals surface area contributed by atoms with E-state index in [1.807, 2.05) is 29.6 Å². The zero-order valence-corrected chi connectivity index (χ0v) is 13.4. The Morgan fingerprint density at radius 3 is 2.88 bits per heavy atom. The Morgan fingerprint density at radius 2 is 2.12 bits per heavy atom. The summed E-state index contributed by atoms with van der Waals surface area (Å²) in [6, 6.07) is 7.91. The summed E-state index contributed by atoms with van der Waals surface area (Å²) in [5.41, 5.74) is 0.761. The highest BCUT2D eigenvalue weighted by Crippen LogP contribution is 2.38. The van der Waals surface area contributed by atoms with Crippen molar-refractivity contribution >= 4 is 39.0 Å². The van der Waals surface area contributed by atoms with Crippen LogP contribution in [0.3, 0.4) is 0 Å². The van der Waals surface area contributed by atoms with Crippen molar-refractivity contribution in [2.45, 2.75) is 18.9 Å². The third kappa shape index (κ3) is 2.54. The fourth-order valence-corrected chi connectivity index (χ4v) is 3.77. The second-order valence-electron chi connectivity index (χ2n) is 5.84. The van der Waals surface area contributed by atoms with E-state index in [1.165, 1.54) is 10.9 Å². The number of amides is 1. The number of aromatic nitrogens is 3. The molecule has 0 bridgehead atoms. The Bertz CT molecular complexity index is 926. The minimum Gasteiger partial charge on any atom is -0.476 e. The number of carbonyl (C=O) groups is 2. The summed E-state index contributed by atoms with van der Waals surface area (Å²) >= 11 is 1.60. The van der Waals surface area contributed by atoms with Gasteiger partial charge in [0.1, 0.15) is 0 Å². The molecule has 0 spiro atoms. The maximum absolute atomic E-state index is 12.4. The molecular formula is C16H14N4O3S. The van der Waals surface area contributed by atoms with E-state index in [-0.39, 0.29) is 23.6 Å². The molecule has 24 heavy (non-hydrogen) atoms. The predicted molar refractivity (Wildman–Crippen MR) is 89.2 cm³/mol.